The molecule has 0 atom stereocenters. The number of nitrogens with one attached hydrogen (secondary N) is 1. The Morgan fingerprint density at radius 3 is 2.58 bits per heavy atom. The zero-order chi connectivity index (χ0) is 14.0. The maximum atomic E-state index is 12.7. The standard InChI is InChI=1S/C13H13BrFN3O/c1-8-11(14)12(17-18(8)2)13(19)16-7-9-3-5-10(15)6-4-9/h3-6H,7H2,1-2H3,(H,16,19). The van der Waals surface area contributed by atoms with E-state index in [2.05, 4.69) is 26.3 Å². The van der Waals surface area contributed by atoms with Gasteiger partial charge in [-0.05, 0) is 40.5 Å². The quantitative estimate of drug-likeness (QED) is 0.942. The Morgan fingerprint density at radius 2 is 2.05 bits per heavy atom. The summed E-state index contributed by atoms with van der Waals surface area (Å²) in [6.45, 7) is 2.20. The number of aryl methyl sites for hydroxylation is 1. The molecule has 0 unspecified atom stereocenters. The van der Waals surface area contributed by atoms with Gasteiger partial charge in [0.1, 0.15) is 5.82 Å². The molecule has 0 aliphatic heterocycles. The first-order valence-corrected chi connectivity index (χ1v) is 6.50. The highest BCUT2D eigenvalue weighted by Gasteiger charge is 2.17. The minimum Gasteiger partial charge on any atom is -0.347 e. The summed E-state index contributed by atoms with van der Waals surface area (Å²) in [7, 11) is 1.77. The second-order valence-corrected chi connectivity index (χ2v) is 4.97. The molecule has 100 valence electrons. The molecule has 0 saturated heterocycles. The van der Waals surface area contributed by atoms with Gasteiger partial charge in [-0.1, -0.05) is 12.1 Å². The average Bonchev–Trinajstić information content (AvgIpc) is 2.65. The average molecular weight is 326 g/mol. The Bertz CT molecular complexity index is 607. The molecule has 1 amide bonds. The van der Waals surface area contributed by atoms with Gasteiger partial charge >= 0.3 is 0 Å². The summed E-state index contributed by atoms with van der Waals surface area (Å²) in [5.41, 5.74) is 2.06. The molecule has 1 aromatic carbocycles. The molecule has 0 aliphatic carbocycles. The van der Waals surface area contributed by atoms with Crippen molar-refractivity contribution in [2.24, 2.45) is 7.05 Å². The number of nitrogens with zero attached hydrogens (tertiary/aromatic N) is 2. The molecule has 1 N–H and O–H groups in total. The lowest BCUT2D eigenvalue weighted by molar-refractivity contribution is 0.0944. The van der Waals surface area contributed by atoms with Crippen LogP contribution in [-0.2, 0) is 13.6 Å². The van der Waals surface area contributed by atoms with Crippen molar-refractivity contribution in [1.82, 2.24) is 15.1 Å². The molecule has 19 heavy (non-hydrogen) atoms. The predicted octanol–water partition coefficient (Wildman–Crippen LogP) is 2.56. The largest absolute Gasteiger partial charge is 0.347 e. The fraction of sp³-hybridized carbons (Fsp3) is 0.231. The minimum absolute atomic E-state index is 0.264. The molecular formula is C13H13BrFN3O. The molecule has 2 aromatic rings. The molecule has 6 heteroatoms. The van der Waals surface area contributed by atoms with Crippen LogP contribution in [0.1, 0.15) is 21.7 Å². The van der Waals surface area contributed by atoms with Crippen LogP contribution in [0.15, 0.2) is 28.7 Å². The van der Waals surface area contributed by atoms with Gasteiger partial charge in [-0.2, -0.15) is 5.10 Å². The lowest BCUT2D eigenvalue weighted by Gasteiger charge is -2.03. The predicted molar refractivity (Wildman–Crippen MR) is 73.2 cm³/mol. The highest BCUT2D eigenvalue weighted by molar-refractivity contribution is 9.10. The number of amides is 1. The fourth-order valence-electron chi connectivity index (χ4n) is 1.60. The number of carbonyl (C=O) groups excluding carboxylic acids is 1. The number of halogens is 2. The third-order valence-electron chi connectivity index (χ3n) is 2.84. The van der Waals surface area contributed by atoms with Crippen LogP contribution in [0.3, 0.4) is 0 Å². The third-order valence-corrected chi connectivity index (χ3v) is 3.79. The van der Waals surface area contributed by atoms with E-state index in [0.29, 0.717) is 16.7 Å². The van der Waals surface area contributed by atoms with Crippen molar-refractivity contribution >= 4 is 21.8 Å². The van der Waals surface area contributed by atoms with Crippen LogP contribution in [0.4, 0.5) is 4.39 Å². The van der Waals surface area contributed by atoms with E-state index in [0.717, 1.165) is 11.3 Å². The molecule has 2 rings (SSSR count). The van der Waals surface area contributed by atoms with Crippen molar-refractivity contribution in [2.75, 3.05) is 0 Å². The highest BCUT2D eigenvalue weighted by atomic mass is 79.9. The third kappa shape index (κ3) is 3.01. The van der Waals surface area contributed by atoms with E-state index in [9.17, 15) is 9.18 Å². The van der Waals surface area contributed by atoms with Gasteiger partial charge in [0.05, 0.1) is 10.2 Å². The van der Waals surface area contributed by atoms with E-state index in [1.807, 2.05) is 6.92 Å². The minimum atomic E-state index is -0.293. The summed E-state index contributed by atoms with van der Waals surface area (Å²) in [6, 6.07) is 5.99. The van der Waals surface area contributed by atoms with Gasteiger partial charge in [0.25, 0.3) is 5.91 Å². The van der Waals surface area contributed by atoms with E-state index in [1.165, 1.54) is 12.1 Å². The van der Waals surface area contributed by atoms with Crippen molar-refractivity contribution < 1.29 is 9.18 Å². The number of hydrogen-bond donors (Lipinski definition) is 1. The van der Waals surface area contributed by atoms with Crippen molar-refractivity contribution in [3.05, 3.63) is 51.5 Å². The molecule has 0 aliphatic rings. The lowest BCUT2D eigenvalue weighted by Crippen LogP contribution is -2.23. The first-order chi connectivity index (χ1) is 8.99. The number of aromatic nitrogens is 2. The van der Waals surface area contributed by atoms with Crippen molar-refractivity contribution in [3.63, 3.8) is 0 Å². The number of carbonyl (C=O) groups is 1. The lowest BCUT2D eigenvalue weighted by atomic mass is 10.2. The van der Waals surface area contributed by atoms with E-state index in [4.69, 9.17) is 0 Å². The van der Waals surface area contributed by atoms with Crippen LogP contribution in [0.25, 0.3) is 0 Å². The van der Waals surface area contributed by atoms with Crippen LogP contribution in [0.5, 0.6) is 0 Å². The van der Waals surface area contributed by atoms with Crippen molar-refractivity contribution in [2.45, 2.75) is 13.5 Å². The summed E-state index contributed by atoms with van der Waals surface area (Å²) in [5.74, 6) is -0.557. The fourth-order valence-corrected chi connectivity index (χ4v) is 2.11. The number of rotatable bonds is 3. The molecule has 1 aromatic heterocycles. The maximum Gasteiger partial charge on any atom is 0.273 e. The molecule has 0 spiro atoms. The molecule has 0 radical (unpaired) electrons. The zero-order valence-corrected chi connectivity index (χ0v) is 12.2. The molecular weight excluding hydrogens is 313 g/mol. The van der Waals surface area contributed by atoms with Gasteiger partial charge < -0.3 is 5.32 Å². The number of hydrogen-bond acceptors (Lipinski definition) is 2. The second kappa shape index (κ2) is 5.52. The Balaban J connectivity index is 2.05. The molecule has 1 heterocycles. The first kappa shape index (κ1) is 13.7. The second-order valence-electron chi connectivity index (χ2n) is 4.18. The van der Waals surface area contributed by atoms with Gasteiger partial charge in [-0.25, -0.2) is 4.39 Å². The van der Waals surface area contributed by atoms with Gasteiger partial charge in [-0.3, -0.25) is 9.48 Å². The highest BCUT2D eigenvalue weighted by Crippen LogP contribution is 2.19. The summed E-state index contributed by atoms with van der Waals surface area (Å²) < 4.78 is 15.1. The molecule has 0 bridgehead atoms. The van der Waals surface area contributed by atoms with E-state index < -0.39 is 0 Å². The van der Waals surface area contributed by atoms with Gasteiger partial charge in [0.2, 0.25) is 0 Å². The molecule has 0 fully saturated rings. The smallest absolute Gasteiger partial charge is 0.273 e. The monoisotopic (exact) mass is 325 g/mol. The summed E-state index contributed by atoms with van der Waals surface area (Å²) in [6.07, 6.45) is 0. The summed E-state index contributed by atoms with van der Waals surface area (Å²) in [4.78, 5) is 12.0. The number of benzene rings is 1. The van der Waals surface area contributed by atoms with Gasteiger partial charge in [0.15, 0.2) is 5.69 Å². The Hall–Kier alpha value is -1.69. The van der Waals surface area contributed by atoms with Crippen LogP contribution in [-0.4, -0.2) is 15.7 Å². The molecule has 0 saturated carbocycles. The first-order valence-electron chi connectivity index (χ1n) is 5.70. The van der Waals surface area contributed by atoms with Crippen LogP contribution < -0.4 is 5.32 Å². The van der Waals surface area contributed by atoms with E-state index >= 15 is 0 Å². The van der Waals surface area contributed by atoms with Crippen LogP contribution in [0, 0.1) is 12.7 Å². The Labute approximate surface area is 118 Å². The van der Waals surface area contributed by atoms with Crippen molar-refractivity contribution in [1.29, 1.82) is 0 Å². The van der Waals surface area contributed by atoms with E-state index in [-0.39, 0.29) is 11.7 Å². The maximum absolute atomic E-state index is 12.7. The van der Waals surface area contributed by atoms with Gasteiger partial charge in [0, 0.05) is 13.6 Å². The van der Waals surface area contributed by atoms with Crippen LogP contribution in [0.2, 0.25) is 0 Å². The molecule has 4 nitrogen and oxygen atoms in total. The Morgan fingerprint density at radius 1 is 1.42 bits per heavy atom. The van der Waals surface area contributed by atoms with Gasteiger partial charge in [-0.15, -0.1) is 0 Å². The summed E-state index contributed by atoms with van der Waals surface area (Å²) >= 11 is 3.34. The van der Waals surface area contributed by atoms with Crippen LogP contribution >= 0.6 is 15.9 Å². The SMILES string of the molecule is Cc1c(Br)c(C(=O)NCc2ccc(F)cc2)nn1C. The zero-order valence-electron chi connectivity index (χ0n) is 10.6. The Kier molecular flexibility index (Phi) is 3.99. The topological polar surface area (TPSA) is 46.9 Å². The normalized spacial score (nSPS) is 10.5. The van der Waals surface area contributed by atoms with Crippen molar-refractivity contribution in [3.8, 4) is 0 Å². The summed E-state index contributed by atoms with van der Waals surface area (Å²) in [5, 5.41) is 6.88. The van der Waals surface area contributed by atoms with E-state index in [1.54, 1.807) is 23.9 Å².